The fraction of sp³-hybridized carbons (Fsp3) is 0.368. The Labute approximate surface area is 172 Å². The van der Waals surface area contributed by atoms with Crippen LogP contribution in [-0.4, -0.2) is 57.4 Å². The summed E-state index contributed by atoms with van der Waals surface area (Å²) in [5.74, 6) is -1.90. The number of benzene rings is 1. The van der Waals surface area contributed by atoms with E-state index in [0.717, 1.165) is 5.56 Å². The summed E-state index contributed by atoms with van der Waals surface area (Å²) >= 11 is 0. The van der Waals surface area contributed by atoms with E-state index in [9.17, 15) is 19.2 Å². The zero-order chi connectivity index (χ0) is 21.9. The van der Waals surface area contributed by atoms with Crippen LogP contribution in [0.1, 0.15) is 25.7 Å². The predicted octanol–water partition coefficient (Wildman–Crippen LogP) is 0.391. The molecule has 1 aromatic heterocycles. The average molecular weight is 416 g/mol. The lowest BCUT2D eigenvalue weighted by Crippen LogP contribution is -2.33. The van der Waals surface area contributed by atoms with Crippen molar-refractivity contribution < 1.29 is 24.3 Å². The van der Waals surface area contributed by atoms with Gasteiger partial charge in [0.2, 0.25) is 17.7 Å². The summed E-state index contributed by atoms with van der Waals surface area (Å²) in [6.07, 6.45) is 2.27. The Kier molecular flexibility index (Phi) is 8.48. The Morgan fingerprint density at radius 2 is 1.83 bits per heavy atom. The standard InChI is InChI=1S/C19H24N6O5/c1-20-16(26)7-8-17(27)21-11-18(28)22-14-5-2-4-13(10-14)15-12-25(24-23-15)9-3-6-19(29)30/h2,4-5,10,12H,3,6-9,11H2,1H3,(H,20,26)(H,21,27)(H,22,28)(H,29,30). The number of aromatic nitrogens is 3. The summed E-state index contributed by atoms with van der Waals surface area (Å²) in [6.45, 7) is 0.228. The number of rotatable bonds is 11. The summed E-state index contributed by atoms with van der Waals surface area (Å²) in [7, 11) is 1.49. The van der Waals surface area contributed by atoms with Crippen LogP contribution in [0, 0.1) is 0 Å². The fourth-order valence-corrected chi connectivity index (χ4v) is 2.51. The molecule has 0 unspecified atom stereocenters. The SMILES string of the molecule is CNC(=O)CCC(=O)NCC(=O)Nc1cccc(-c2cn(CCCC(=O)O)nn2)c1. The zero-order valence-electron chi connectivity index (χ0n) is 16.6. The van der Waals surface area contributed by atoms with Gasteiger partial charge in [-0.3, -0.25) is 23.9 Å². The quantitative estimate of drug-likeness (QED) is 0.413. The molecule has 0 radical (unpaired) electrons. The lowest BCUT2D eigenvalue weighted by Gasteiger charge is -2.08. The molecular weight excluding hydrogens is 392 g/mol. The largest absolute Gasteiger partial charge is 0.481 e. The Morgan fingerprint density at radius 3 is 2.57 bits per heavy atom. The van der Waals surface area contributed by atoms with Gasteiger partial charge in [0.05, 0.1) is 12.7 Å². The molecule has 0 fully saturated rings. The van der Waals surface area contributed by atoms with Gasteiger partial charge in [-0.25, -0.2) is 0 Å². The third-order valence-corrected chi connectivity index (χ3v) is 4.06. The first-order chi connectivity index (χ1) is 14.4. The molecule has 0 aliphatic heterocycles. The Morgan fingerprint density at radius 1 is 1.07 bits per heavy atom. The number of aliphatic carboxylic acids is 1. The van der Waals surface area contributed by atoms with Crippen molar-refractivity contribution in [3.05, 3.63) is 30.5 Å². The van der Waals surface area contributed by atoms with Gasteiger partial charge in [-0.2, -0.15) is 0 Å². The second-order valence-corrected chi connectivity index (χ2v) is 6.44. The van der Waals surface area contributed by atoms with Crippen LogP contribution in [0.4, 0.5) is 5.69 Å². The molecule has 3 amide bonds. The minimum atomic E-state index is -0.860. The van der Waals surface area contributed by atoms with Crippen molar-refractivity contribution in [1.29, 1.82) is 0 Å². The number of carbonyl (C=O) groups excluding carboxylic acids is 3. The fourth-order valence-electron chi connectivity index (χ4n) is 2.51. The van der Waals surface area contributed by atoms with Gasteiger partial charge in [-0.05, 0) is 18.6 Å². The van der Waals surface area contributed by atoms with Crippen LogP contribution in [-0.2, 0) is 25.7 Å². The van der Waals surface area contributed by atoms with Gasteiger partial charge >= 0.3 is 5.97 Å². The summed E-state index contributed by atoms with van der Waals surface area (Å²) in [5, 5.41) is 24.3. The van der Waals surface area contributed by atoms with E-state index in [0.29, 0.717) is 24.3 Å². The van der Waals surface area contributed by atoms with Crippen LogP contribution < -0.4 is 16.0 Å². The highest BCUT2D eigenvalue weighted by Crippen LogP contribution is 2.20. The Hall–Kier alpha value is -3.76. The molecular formula is C19H24N6O5. The first-order valence-electron chi connectivity index (χ1n) is 9.37. The number of hydrogen-bond donors (Lipinski definition) is 4. The van der Waals surface area contributed by atoms with E-state index < -0.39 is 11.9 Å². The van der Waals surface area contributed by atoms with Gasteiger partial charge in [0, 0.05) is 44.1 Å². The summed E-state index contributed by atoms with van der Waals surface area (Å²) in [4.78, 5) is 45.4. The number of hydrogen-bond acceptors (Lipinski definition) is 6. The van der Waals surface area contributed by atoms with E-state index in [4.69, 9.17) is 5.11 Å². The molecule has 0 aliphatic carbocycles. The second-order valence-electron chi connectivity index (χ2n) is 6.44. The zero-order valence-corrected chi connectivity index (χ0v) is 16.6. The molecule has 4 N–H and O–H groups in total. The molecule has 2 rings (SSSR count). The number of carboxylic acid groups (broad SMARTS) is 1. The topological polar surface area (TPSA) is 155 Å². The number of carboxylic acids is 1. The molecule has 2 aromatic rings. The van der Waals surface area contributed by atoms with Crippen LogP contribution in [0.5, 0.6) is 0 Å². The van der Waals surface area contributed by atoms with Crippen LogP contribution in [0.3, 0.4) is 0 Å². The van der Waals surface area contributed by atoms with E-state index in [1.54, 1.807) is 29.1 Å². The van der Waals surface area contributed by atoms with E-state index in [2.05, 4.69) is 26.3 Å². The molecule has 1 aromatic carbocycles. The molecule has 0 atom stereocenters. The normalized spacial score (nSPS) is 10.3. The van der Waals surface area contributed by atoms with Crippen molar-refractivity contribution in [3.63, 3.8) is 0 Å². The van der Waals surface area contributed by atoms with Crippen molar-refractivity contribution >= 4 is 29.4 Å². The highest BCUT2D eigenvalue weighted by atomic mass is 16.4. The van der Waals surface area contributed by atoms with E-state index in [1.165, 1.54) is 7.05 Å². The van der Waals surface area contributed by atoms with Gasteiger partial charge in [0.15, 0.2) is 0 Å². The van der Waals surface area contributed by atoms with Crippen molar-refractivity contribution in [1.82, 2.24) is 25.6 Å². The van der Waals surface area contributed by atoms with E-state index >= 15 is 0 Å². The Balaban J connectivity index is 1.86. The number of aryl methyl sites for hydroxylation is 1. The maximum Gasteiger partial charge on any atom is 0.303 e. The third-order valence-electron chi connectivity index (χ3n) is 4.06. The van der Waals surface area contributed by atoms with Gasteiger partial charge < -0.3 is 21.1 Å². The minimum absolute atomic E-state index is 0.00453. The highest BCUT2D eigenvalue weighted by Gasteiger charge is 2.10. The van der Waals surface area contributed by atoms with Crippen molar-refractivity contribution in [2.75, 3.05) is 18.9 Å². The van der Waals surface area contributed by atoms with E-state index in [1.807, 2.05) is 6.07 Å². The number of nitrogens with zero attached hydrogens (tertiary/aromatic N) is 3. The molecule has 0 bridgehead atoms. The van der Waals surface area contributed by atoms with Crippen LogP contribution in [0.25, 0.3) is 11.3 Å². The van der Waals surface area contributed by atoms with Crippen molar-refractivity contribution in [2.45, 2.75) is 32.2 Å². The van der Waals surface area contributed by atoms with Crippen LogP contribution in [0.15, 0.2) is 30.5 Å². The van der Waals surface area contributed by atoms with Gasteiger partial charge in [0.25, 0.3) is 0 Å². The summed E-state index contributed by atoms with van der Waals surface area (Å²) in [6, 6.07) is 6.97. The first kappa shape index (κ1) is 22.5. The van der Waals surface area contributed by atoms with Crippen LogP contribution in [0.2, 0.25) is 0 Å². The molecule has 0 saturated carbocycles. The predicted molar refractivity (Wildman–Crippen MR) is 107 cm³/mol. The van der Waals surface area contributed by atoms with E-state index in [-0.39, 0.29) is 37.6 Å². The molecule has 0 spiro atoms. The summed E-state index contributed by atoms with van der Waals surface area (Å²) in [5.41, 5.74) is 1.84. The number of nitrogens with one attached hydrogen (secondary N) is 3. The summed E-state index contributed by atoms with van der Waals surface area (Å²) < 4.78 is 1.57. The molecule has 0 saturated heterocycles. The molecule has 11 nitrogen and oxygen atoms in total. The van der Waals surface area contributed by atoms with Gasteiger partial charge in [-0.1, -0.05) is 17.3 Å². The maximum absolute atomic E-state index is 12.1. The third kappa shape index (κ3) is 7.70. The monoisotopic (exact) mass is 416 g/mol. The van der Waals surface area contributed by atoms with Gasteiger partial charge in [-0.15, -0.1) is 5.10 Å². The highest BCUT2D eigenvalue weighted by molar-refractivity contribution is 5.95. The second kappa shape index (κ2) is 11.3. The van der Waals surface area contributed by atoms with Gasteiger partial charge in [0.1, 0.15) is 5.69 Å². The molecule has 1 heterocycles. The number of anilines is 1. The lowest BCUT2D eigenvalue weighted by molar-refractivity contribution is -0.137. The maximum atomic E-state index is 12.1. The lowest BCUT2D eigenvalue weighted by atomic mass is 10.1. The molecule has 30 heavy (non-hydrogen) atoms. The first-order valence-corrected chi connectivity index (χ1v) is 9.37. The van der Waals surface area contributed by atoms with Crippen molar-refractivity contribution in [3.8, 4) is 11.3 Å². The Bertz CT molecular complexity index is 910. The smallest absolute Gasteiger partial charge is 0.303 e. The van der Waals surface area contributed by atoms with Crippen LogP contribution >= 0.6 is 0 Å². The van der Waals surface area contributed by atoms with Crippen molar-refractivity contribution in [2.24, 2.45) is 0 Å². The molecule has 11 heteroatoms. The average Bonchev–Trinajstić information content (AvgIpc) is 3.19. The minimum Gasteiger partial charge on any atom is -0.481 e. The molecule has 160 valence electrons. The molecule has 0 aliphatic rings. The number of amides is 3. The number of carbonyl (C=O) groups is 4.